The van der Waals surface area contributed by atoms with E-state index in [-0.39, 0.29) is 18.4 Å². The molecule has 3 amide bonds. The highest BCUT2D eigenvalue weighted by molar-refractivity contribution is 6.38. The van der Waals surface area contributed by atoms with Gasteiger partial charge in [-0.05, 0) is 39.4 Å². The number of hydrogen-bond acceptors (Lipinski definition) is 6. The summed E-state index contributed by atoms with van der Waals surface area (Å²) in [6.07, 6.45) is 2.93. The van der Waals surface area contributed by atoms with Gasteiger partial charge in [0.25, 0.3) is 5.91 Å². The fourth-order valence-electron chi connectivity index (χ4n) is 2.58. The van der Waals surface area contributed by atoms with Crippen molar-refractivity contribution >= 4 is 23.5 Å². The summed E-state index contributed by atoms with van der Waals surface area (Å²) in [7, 11) is 3.23. The van der Waals surface area contributed by atoms with Crippen LogP contribution in [-0.4, -0.2) is 72.2 Å². The lowest BCUT2D eigenvalue weighted by Gasteiger charge is -2.22. The average molecular weight is 420 g/mol. The van der Waals surface area contributed by atoms with Gasteiger partial charge in [-0.25, -0.2) is 0 Å². The number of carbonyl (C=O) groups excluding carboxylic acids is 4. The van der Waals surface area contributed by atoms with Crippen molar-refractivity contribution < 1.29 is 19.2 Å². The summed E-state index contributed by atoms with van der Waals surface area (Å²) in [6, 6.07) is 3.66. The summed E-state index contributed by atoms with van der Waals surface area (Å²) < 4.78 is 0. The summed E-state index contributed by atoms with van der Waals surface area (Å²) in [5, 5.41) is 7.89. The van der Waals surface area contributed by atoms with Crippen molar-refractivity contribution in [3.8, 4) is 0 Å². The normalized spacial score (nSPS) is 13.6. The van der Waals surface area contributed by atoms with Crippen LogP contribution in [0.4, 0.5) is 0 Å². The van der Waals surface area contributed by atoms with Crippen LogP contribution in [0.15, 0.2) is 24.4 Å². The van der Waals surface area contributed by atoms with E-state index in [1.54, 1.807) is 32.1 Å². The van der Waals surface area contributed by atoms with Crippen LogP contribution in [0.25, 0.3) is 0 Å². The summed E-state index contributed by atoms with van der Waals surface area (Å²) >= 11 is 0. The highest BCUT2D eigenvalue weighted by Crippen LogP contribution is 2.02. The van der Waals surface area contributed by atoms with E-state index in [0.717, 1.165) is 5.69 Å². The molecule has 9 nitrogen and oxygen atoms in total. The lowest BCUT2D eigenvalue weighted by Crippen LogP contribution is -2.53. The second-order valence-electron chi connectivity index (χ2n) is 7.31. The molecule has 9 heteroatoms. The van der Waals surface area contributed by atoms with Gasteiger partial charge in [-0.3, -0.25) is 24.2 Å². The summed E-state index contributed by atoms with van der Waals surface area (Å²) in [6.45, 7) is 5.60. The van der Waals surface area contributed by atoms with Crippen molar-refractivity contribution in [2.75, 3.05) is 20.6 Å². The Balaban J connectivity index is 2.55. The third kappa shape index (κ3) is 8.28. The van der Waals surface area contributed by atoms with Crippen LogP contribution in [0.3, 0.4) is 0 Å². The molecule has 0 saturated carbocycles. The highest BCUT2D eigenvalue weighted by Gasteiger charge is 2.28. The van der Waals surface area contributed by atoms with Crippen molar-refractivity contribution in [2.45, 2.75) is 58.2 Å². The first-order valence-corrected chi connectivity index (χ1v) is 10.2. The molecular weight excluding hydrogens is 386 g/mol. The van der Waals surface area contributed by atoms with Crippen molar-refractivity contribution in [1.29, 1.82) is 0 Å². The van der Waals surface area contributed by atoms with E-state index in [1.807, 2.05) is 25.1 Å². The van der Waals surface area contributed by atoms with Gasteiger partial charge in [0.1, 0.15) is 0 Å². The molecule has 0 aromatic carbocycles. The molecule has 0 bridgehead atoms. The maximum atomic E-state index is 12.5. The van der Waals surface area contributed by atoms with Crippen LogP contribution >= 0.6 is 0 Å². The molecule has 3 atom stereocenters. The molecule has 166 valence electrons. The minimum absolute atomic E-state index is 0.0684. The van der Waals surface area contributed by atoms with Gasteiger partial charge in [-0.15, -0.1) is 0 Å². The van der Waals surface area contributed by atoms with Crippen molar-refractivity contribution in [3.05, 3.63) is 30.1 Å². The minimum atomic E-state index is -0.991. The van der Waals surface area contributed by atoms with Gasteiger partial charge in [-0.2, -0.15) is 0 Å². The number of Topliss-reactive ketones (excluding diaryl/α,β-unsaturated/α-hetero) is 1. The Labute approximate surface area is 178 Å². The van der Waals surface area contributed by atoms with Crippen LogP contribution in [0, 0.1) is 0 Å². The monoisotopic (exact) mass is 419 g/mol. The topological polar surface area (TPSA) is 120 Å². The number of carbonyl (C=O) groups is 4. The molecule has 1 rings (SSSR count). The molecule has 30 heavy (non-hydrogen) atoms. The molecule has 0 fully saturated rings. The minimum Gasteiger partial charge on any atom is -0.347 e. The average Bonchev–Trinajstić information content (AvgIpc) is 2.75. The summed E-state index contributed by atoms with van der Waals surface area (Å²) in [5.41, 5.74) is 0.878. The fraction of sp³-hybridized carbons (Fsp3) is 0.571. The molecule has 3 N–H and O–H groups in total. The maximum absolute atomic E-state index is 12.5. The Bertz CT molecular complexity index is 725. The number of pyridine rings is 1. The van der Waals surface area contributed by atoms with Crippen molar-refractivity contribution in [2.24, 2.45) is 0 Å². The number of ketones is 1. The number of hydrogen-bond donors (Lipinski definition) is 3. The first-order valence-electron chi connectivity index (χ1n) is 10.2. The van der Waals surface area contributed by atoms with Crippen LogP contribution in [0.2, 0.25) is 0 Å². The van der Waals surface area contributed by atoms with Gasteiger partial charge >= 0.3 is 0 Å². The Morgan fingerprint density at radius 2 is 1.83 bits per heavy atom. The molecule has 0 aliphatic rings. The summed E-state index contributed by atoms with van der Waals surface area (Å²) in [5.74, 6) is -2.18. The molecule has 3 unspecified atom stereocenters. The third-order valence-electron chi connectivity index (χ3n) is 4.86. The number of nitrogens with one attached hydrogen (secondary N) is 3. The zero-order valence-corrected chi connectivity index (χ0v) is 18.4. The highest BCUT2D eigenvalue weighted by atomic mass is 16.2. The molecular formula is C21H33N5O4. The van der Waals surface area contributed by atoms with Gasteiger partial charge in [0.05, 0.1) is 18.5 Å². The van der Waals surface area contributed by atoms with E-state index in [2.05, 4.69) is 20.9 Å². The van der Waals surface area contributed by atoms with E-state index >= 15 is 0 Å². The van der Waals surface area contributed by atoms with Crippen LogP contribution in [0.5, 0.6) is 0 Å². The van der Waals surface area contributed by atoms with Crippen LogP contribution in [-0.2, 0) is 25.6 Å². The fourth-order valence-corrected chi connectivity index (χ4v) is 2.58. The SMILES string of the molecule is CCC(C)NC(=O)C(=O)C(C)NC(=O)C(CC(=O)N(C)CCc1ccccn1)NC. The van der Waals surface area contributed by atoms with Gasteiger partial charge in [0.2, 0.25) is 17.6 Å². The first kappa shape index (κ1) is 25.2. The Morgan fingerprint density at radius 1 is 1.13 bits per heavy atom. The zero-order valence-electron chi connectivity index (χ0n) is 18.4. The second kappa shape index (κ2) is 12.7. The molecule has 0 saturated heterocycles. The van der Waals surface area contributed by atoms with E-state index in [4.69, 9.17) is 0 Å². The van der Waals surface area contributed by atoms with E-state index in [0.29, 0.717) is 19.4 Å². The van der Waals surface area contributed by atoms with Crippen molar-refractivity contribution in [1.82, 2.24) is 25.8 Å². The molecule has 0 aliphatic heterocycles. The van der Waals surface area contributed by atoms with Crippen molar-refractivity contribution in [3.63, 3.8) is 0 Å². The molecule has 1 heterocycles. The third-order valence-corrected chi connectivity index (χ3v) is 4.86. The van der Waals surface area contributed by atoms with Gasteiger partial charge < -0.3 is 20.9 Å². The smallest absolute Gasteiger partial charge is 0.289 e. The molecule has 1 aromatic heterocycles. The van der Waals surface area contributed by atoms with Crippen LogP contribution in [0.1, 0.15) is 39.3 Å². The quantitative estimate of drug-likeness (QED) is 0.412. The maximum Gasteiger partial charge on any atom is 0.289 e. The first-order chi connectivity index (χ1) is 14.2. The Kier molecular flexibility index (Phi) is 10.7. The number of aromatic nitrogens is 1. The van der Waals surface area contributed by atoms with Gasteiger partial charge in [0, 0.05) is 37.9 Å². The van der Waals surface area contributed by atoms with Gasteiger partial charge in [0.15, 0.2) is 0 Å². The number of likely N-dealkylation sites (N-methyl/N-ethyl adjacent to an activating group) is 2. The van der Waals surface area contributed by atoms with E-state index in [1.165, 1.54) is 6.92 Å². The predicted octanol–water partition coefficient (Wildman–Crippen LogP) is 0.0491. The largest absolute Gasteiger partial charge is 0.347 e. The molecule has 0 aliphatic carbocycles. The zero-order chi connectivity index (χ0) is 22.7. The van der Waals surface area contributed by atoms with E-state index in [9.17, 15) is 19.2 Å². The number of nitrogens with zero attached hydrogens (tertiary/aromatic N) is 2. The molecule has 1 aromatic rings. The molecule has 0 radical (unpaired) electrons. The molecule has 0 spiro atoms. The predicted molar refractivity (Wildman–Crippen MR) is 114 cm³/mol. The summed E-state index contributed by atoms with van der Waals surface area (Å²) in [4.78, 5) is 54.8. The lowest BCUT2D eigenvalue weighted by atomic mass is 10.1. The van der Waals surface area contributed by atoms with E-state index < -0.39 is 29.7 Å². The second-order valence-corrected chi connectivity index (χ2v) is 7.31. The Hall–Kier alpha value is -2.81. The standard InChI is InChI=1S/C21H33N5O4/c1-6-14(2)24-21(30)19(28)15(3)25-20(29)17(22-4)13-18(27)26(5)12-10-16-9-7-8-11-23-16/h7-9,11,14-15,17,22H,6,10,12-13H2,1-5H3,(H,24,30)(H,25,29). The lowest BCUT2D eigenvalue weighted by molar-refractivity contribution is -0.140. The number of amides is 3. The van der Waals surface area contributed by atoms with Gasteiger partial charge in [-0.1, -0.05) is 13.0 Å². The van der Waals surface area contributed by atoms with Crippen LogP contribution < -0.4 is 16.0 Å². The Morgan fingerprint density at radius 3 is 2.40 bits per heavy atom. The number of rotatable bonds is 12.